The Kier molecular flexibility index (Phi) is 6.36. The maximum Gasteiger partial charge on any atom is 0.345 e. The van der Waals surface area contributed by atoms with Crippen molar-refractivity contribution < 1.29 is 9.90 Å². The highest BCUT2D eigenvalue weighted by Gasteiger charge is 2.13. The summed E-state index contributed by atoms with van der Waals surface area (Å²) in [5, 5.41) is 8.91. The van der Waals surface area contributed by atoms with E-state index < -0.39 is 5.97 Å². The Bertz CT molecular complexity index is 374. The minimum absolute atomic E-state index is 0.433. The fraction of sp³-hybridized carbons (Fsp3) is 0.643. The van der Waals surface area contributed by atoms with E-state index in [0.29, 0.717) is 10.9 Å². The number of unbranched alkanes of at least 4 members (excludes halogenated alkanes) is 2. The van der Waals surface area contributed by atoms with Gasteiger partial charge in [-0.25, -0.2) is 4.79 Å². The van der Waals surface area contributed by atoms with E-state index in [1.165, 1.54) is 30.6 Å². The van der Waals surface area contributed by atoms with Crippen LogP contribution >= 0.6 is 11.3 Å². The predicted octanol–water partition coefficient (Wildman–Crippen LogP) is 3.85. The van der Waals surface area contributed by atoms with Crippen molar-refractivity contribution in [3.63, 3.8) is 0 Å². The third-order valence-corrected chi connectivity index (χ3v) is 4.07. The summed E-state index contributed by atoms with van der Waals surface area (Å²) in [7, 11) is 0. The second kappa shape index (κ2) is 7.54. The van der Waals surface area contributed by atoms with Crippen LogP contribution in [0.2, 0.25) is 0 Å². The highest BCUT2D eigenvalue weighted by atomic mass is 32.1. The van der Waals surface area contributed by atoms with E-state index in [4.69, 9.17) is 5.11 Å². The summed E-state index contributed by atoms with van der Waals surface area (Å²) in [4.78, 5) is 14.8. The molecule has 0 amide bonds. The molecule has 3 nitrogen and oxygen atoms in total. The molecule has 0 atom stereocenters. The number of aromatic carboxylic acids is 1. The Morgan fingerprint density at radius 3 is 2.61 bits per heavy atom. The lowest BCUT2D eigenvalue weighted by molar-refractivity contribution is 0.0702. The van der Waals surface area contributed by atoms with Gasteiger partial charge >= 0.3 is 5.97 Å². The largest absolute Gasteiger partial charge is 0.477 e. The first-order chi connectivity index (χ1) is 8.54. The fourth-order valence-electron chi connectivity index (χ4n) is 1.86. The van der Waals surface area contributed by atoms with Crippen molar-refractivity contribution in [2.45, 2.75) is 52.6 Å². The number of carboxylic acids is 1. The van der Waals surface area contributed by atoms with Gasteiger partial charge in [-0.15, -0.1) is 11.3 Å². The highest BCUT2D eigenvalue weighted by Crippen LogP contribution is 2.19. The van der Waals surface area contributed by atoms with E-state index in [-0.39, 0.29) is 0 Å². The van der Waals surface area contributed by atoms with Gasteiger partial charge in [0.05, 0.1) is 0 Å². The van der Waals surface area contributed by atoms with Crippen molar-refractivity contribution in [1.82, 2.24) is 4.90 Å². The van der Waals surface area contributed by atoms with Gasteiger partial charge in [0.25, 0.3) is 0 Å². The van der Waals surface area contributed by atoms with E-state index in [0.717, 1.165) is 18.0 Å². The Balaban J connectivity index is 2.56. The van der Waals surface area contributed by atoms with Crippen molar-refractivity contribution in [1.29, 1.82) is 0 Å². The molecule has 18 heavy (non-hydrogen) atoms. The van der Waals surface area contributed by atoms with Crippen LogP contribution in [-0.2, 0) is 6.54 Å². The van der Waals surface area contributed by atoms with Crippen LogP contribution in [0.3, 0.4) is 0 Å². The zero-order valence-electron chi connectivity index (χ0n) is 11.5. The molecule has 0 aliphatic heterocycles. The lowest BCUT2D eigenvalue weighted by Crippen LogP contribution is -2.30. The van der Waals surface area contributed by atoms with Crippen LogP contribution in [0.5, 0.6) is 0 Å². The minimum atomic E-state index is -0.826. The Morgan fingerprint density at radius 1 is 1.39 bits per heavy atom. The number of hydrogen-bond acceptors (Lipinski definition) is 3. The van der Waals surface area contributed by atoms with Crippen molar-refractivity contribution in [3.05, 3.63) is 21.9 Å². The summed E-state index contributed by atoms with van der Waals surface area (Å²) in [5.74, 6) is -0.826. The normalized spacial score (nSPS) is 11.4. The van der Waals surface area contributed by atoms with Crippen molar-refractivity contribution >= 4 is 17.3 Å². The van der Waals surface area contributed by atoms with Gasteiger partial charge < -0.3 is 5.11 Å². The Hall–Kier alpha value is -0.870. The second-order valence-corrected chi connectivity index (χ2v) is 6.01. The van der Waals surface area contributed by atoms with E-state index in [1.54, 1.807) is 6.07 Å². The summed E-state index contributed by atoms with van der Waals surface area (Å²) < 4.78 is 0. The molecule has 1 aromatic heterocycles. The van der Waals surface area contributed by atoms with Gasteiger partial charge in [0.2, 0.25) is 0 Å². The monoisotopic (exact) mass is 269 g/mol. The highest BCUT2D eigenvalue weighted by molar-refractivity contribution is 7.13. The topological polar surface area (TPSA) is 40.5 Å². The third kappa shape index (κ3) is 4.78. The fourth-order valence-corrected chi connectivity index (χ4v) is 2.74. The SMILES string of the molecule is CCCCCN(Cc1ccc(C(=O)O)s1)C(C)C. The van der Waals surface area contributed by atoms with Gasteiger partial charge in [-0.05, 0) is 38.9 Å². The van der Waals surface area contributed by atoms with Gasteiger partial charge in [-0.2, -0.15) is 0 Å². The number of rotatable bonds is 8. The van der Waals surface area contributed by atoms with Crippen LogP contribution < -0.4 is 0 Å². The molecule has 1 rings (SSSR count). The van der Waals surface area contributed by atoms with Crippen molar-refractivity contribution in [2.75, 3.05) is 6.54 Å². The van der Waals surface area contributed by atoms with Crippen LogP contribution in [0, 0.1) is 0 Å². The van der Waals surface area contributed by atoms with Crippen LogP contribution in [0.25, 0.3) is 0 Å². The molecule has 0 saturated carbocycles. The zero-order valence-corrected chi connectivity index (χ0v) is 12.3. The molecule has 0 unspecified atom stereocenters. The molecular formula is C14H23NO2S. The smallest absolute Gasteiger partial charge is 0.345 e. The zero-order chi connectivity index (χ0) is 13.5. The molecule has 102 valence electrons. The van der Waals surface area contributed by atoms with Gasteiger partial charge in [0.15, 0.2) is 0 Å². The number of hydrogen-bond donors (Lipinski definition) is 1. The molecule has 0 bridgehead atoms. The number of carboxylic acid groups (broad SMARTS) is 1. The van der Waals surface area contributed by atoms with Gasteiger partial charge in [-0.3, -0.25) is 4.90 Å². The second-order valence-electron chi connectivity index (χ2n) is 4.84. The average Bonchev–Trinajstić information content (AvgIpc) is 2.76. The predicted molar refractivity (Wildman–Crippen MR) is 76.3 cm³/mol. The molecule has 4 heteroatoms. The Morgan fingerprint density at radius 2 is 2.11 bits per heavy atom. The van der Waals surface area contributed by atoms with E-state index in [9.17, 15) is 4.79 Å². The first kappa shape index (κ1) is 15.2. The summed E-state index contributed by atoms with van der Waals surface area (Å²) in [5.41, 5.74) is 0. The first-order valence-electron chi connectivity index (χ1n) is 6.60. The van der Waals surface area contributed by atoms with Gasteiger partial charge in [-0.1, -0.05) is 19.8 Å². The molecule has 0 radical (unpaired) electrons. The van der Waals surface area contributed by atoms with Crippen LogP contribution in [-0.4, -0.2) is 28.6 Å². The molecule has 1 heterocycles. The number of nitrogens with zero attached hydrogens (tertiary/aromatic N) is 1. The molecule has 0 saturated heterocycles. The maximum atomic E-state index is 10.8. The first-order valence-corrected chi connectivity index (χ1v) is 7.42. The van der Waals surface area contributed by atoms with Crippen LogP contribution in [0.15, 0.2) is 12.1 Å². The average molecular weight is 269 g/mol. The third-order valence-electron chi connectivity index (χ3n) is 3.01. The quantitative estimate of drug-likeness (QED) is 0.729. The minimum Gasteiger partial charge on any atom is -0.477 e. The molecule has 0 aliphatic carbocycles. The molecule has 1 N–H and O–H groups in total. The van der Waals surface area contributed by atoms with Gasteiger partial charge in [0.1, 0.15) is 4.88 Å². The lowest BCUT2D eigenvalue weighted by Gasteiger charge is -2.25. The van der Waals surface area contributed by atoms with Crippen LogP contribution in [0.1, 0.15) is 54.6 Å². The maximum absolute atomic E-state index is 10.8. The summed E-state index contributed by atoms with van der Waals surface area (Å²) in [6.45, 7) is 8.54. The summed E-state index contributed by atoms with van der Waals surface area (Å²) >= 11 is 1.38. The summed E-state index contributed by atoms with van der Waals surface area (Å²) in [6, 6.07) is 4.13. The Labute approximate surface area is 113 Å². The molecule has 0 aromatic carbocycles. The molecule has 1 aromatic rings. The molecule has 0 fully saturated rings. The van der Waals surface area contributed by atoms with E-state index >= 15 is 0 Å². The number of thiophene rings is 1. The van der Waals surface area contributed by atoms with Crippen molar-refractivity contribution in [3.8, 4) is 0 Å². The summed E-state index contributed by atoms with van der Waals surface area (Å²) in [6.07, 6.45) is 3.70. The lowest BCUT2D eigenvalue weighted by atomic mass is 10.2. The van der Waals surface area contributed by atoms with E-state index in [2.05, 4.69) is 25.7 Å². The molecular weight excluding hydrogens is 246 g/mol. The van der Waals surface area contributed by atoms with Gasteiger partial charge in [0, 0.05) is 17.5 Å². The number of carbonyl (C=O) groups is 1. The molecule has 0 aliphatic rings. The van der Waals surface area contributed by atoms with Crippen LogP contribution in [0.4, 0.5) is 0 Å². The van der Waals surface area contributed by atoms with Crippen molar-refractivity contribution in [2.24, 2.45) is 0 Å². The molecule has 0 spiro atoms. The van der Waals surface area contributed by atoms with E-state index in [1.807, 2.05) is 6.07 Å². The standard InChI is InChI=1S/C14H23NO2S/c1-4-5-6-9-15(11(2)3)10-12-7-8-13(18-12)14(16)17/h7-8,11H,4-6,9-10H2,1-3H3,(H,16,17).